The number of ether oxygens (including phenoxy) is 1. The van der Waals surface area contributed by atoms with Crippen molar-refractivity contribution in [2.45, 2.75) is 22.5 Å². The molecule has 1 aromatic rings. The molecule has 0 aliphatic carbocycles. The highest BCUT2D eigenvalue weighted by Gasteiger charge is 2.28. The maximum Gasteiger partial charge on any atom is 0.181 e. The summed E-state index contributed by atoms with van der Waals surface area (Å²) in [6, 6.07) is 0. The van der Waals surface area contributed by atoms with Crippen molar-refractivity contribution in [2.24, 2.45) is 0 Å². The van der Waals surface area contributed by atoms with Gasteiger partial charge in [-0.15, -0.1) is 11.8 Å². The molecule has 2 heterocycles. The van der Waals surface area contributed by atoms with Gasteiger partial charge in [0.2, 0.25) is 0 Å². The average Bonchev–Trinajstić information content (AvgIpc) is 2.62. The van der Waals surface area contributed by atoms with Crippen LogP contribution < -0.4 is 5.73 Å². The summed E-state index contributed by atoms with van der Waals surface area (Å²) in [5.74, 6) is 0. The summed E-state index contributed by atoms with van der Waals surface area (Å²) in [6.07, 6.45) is -0.372. The highest BCUT2D eigenvalue weighted by Crippen LogP contribution is 2.36. The molecule has 0 radical (unpaired) electrons. The van der Waals surface area contributed by atoms with Crippen LogP contribution in [0.2, 0.25) is 0 Å². The molecule has 1 aliphatic rings. The molecule has 0 amide bonds. The van der Waals surface area contributed by atoms with Crippen molar-refractivity contribution in [2.75, 3.05) is 18.9 Å². The molecule has 14 heavy (non-hydrogen) atoms. The van der Waals surface area contributed by atoms with Gasteiger partial charge in [-0.25, -0.2) is 4.98 Å². The average molecular weight is 232 g/mol. The Hall–Kier alpha value is -0.300. The van der Waals surface area contributed by atoms with Crippen molar-refractivity contribution in [3.63, 3.8) is 0 Å². The molecule has 1 fully saturated rings. The van der Waals surface area contributed by atoms with Crippen molar-refractivity contribution < 1.29 is 9.84 Å². The number of aliphatic hydroxyl groups excluding tert-OH is 1. The fourth-order valence-corrected chi connectivity index (χ4v) is 3.56. The van der Waals surface area contributed by atoms with E-state index in [1.54, 1.807) is 11.8 Å². The lowest BCUT2D eigenvalue weighted by Crippen LogP contribution is -2.19. The van der Waals surface area contributed by atoms with Crippen molar-refractivity contribution in [1.82, 2.24) is 4.98 Å². The largest absolute Gasteiger partial charge is 0.389 e. The van der Waals surface area contributed by atoms with E-state index in [1.165, 1.54) is 11.3 Å². The number of anilines is 1. The number of rotatable bonds is 2. The highest BCUT2D eigenvalue weighted by molar-refractivity contribution is 8.01. The number of thioether (sulfide) groups is 1. The van der Waals surface area contributed by atoms with Gasteiger partial charge < -0.3 is 15.6 Å². The third-order valence-electron chi connectivity index (χ3n) is 2.03. The molecule has 0 bridgehead atoms. The number of hydrogen-bond donors (Lipinski definition) is 2. The van der Waals surface area contributed by atoms with E-state index in [-0.39, 0.29) is 11.4 Å². The van der Waals surface area contributed by atoms with Gasteiger partial charge >= 0.3 is 0 Å². The number of aliphatic hydroxyl groups is 1. The van der Waals surface area contributed by atoms with Gasteiger partial charge in [0.25, 0.3) is 0 Å². The first-order valence-electron chi connectivity index (χ1n) is 4.32. The van der Waals surface area contributed by atoms with Crippen molar-refractivity contribution in [1.29, 1.82) is 0 Å². The highest BCUT2D eigenvalue weighted by atomic mass is 32.2. The minimum Gasteiger partial charge on any atom is -0.389 e. The molecule has 2 atom stereocenters. The van der Waals surface area contributed by atoms with Crippen LogP contribution in [0.25, 0.3) is 0 Å². The van der Waals surface area contributed by atoms with E-state index in [1.807, 2.05) is 6.92 Å². The number of nitrogen functional groups attached to an aromatic ring is 1. The Morgan fingerprint density at radius 2 is 2.43 bits per heavy atom. The topological polar surface area (TPSA) is 68.4 Å². The fourth-order valence-electron chi connectivity index (χ4n) is 1.29. The summed E-state index contributed by atoms with van der Waals surface area (Å²) in [7, 11) is 0. The Balaban J connectivity index is 2.06. The van der Waals surface area contributed by atoms with Gasteiger partial charge in [-0.3, -0.25) is 0 Å². The van der Waals surface area contributed by atoms with E-state index in [0.717, 1.165) is 9.90 Å². The molecule has 4 nitrogen and oxygen atoms in total. The number of nitrogens with two attached hydrogens (primary N) is 1. The number of thiazole rings is 1. The number of nitrogens with zero attached hydrogens (tertiary/aromatic N) is 1. The van der Waals surface area contributed by atoms with Crippen molar-refractivity contribution in [3.8, 4) is 0 Å². The summed E-state index contributed by atoms with van der Waals surface area (Å²) in [4.78, 5) is 4.13. The van der Waals surface area contributed by atoms with Crippen LogP contribution in [0.5, 0.6) is 0 Å². The Bertz CT molecular complexity index is 329. The zero-order chi connectivity index (χ0) is 10.1. The quantitative estimate of drug-likeness (QED) is 0.792. The van der Waals surface area contributed by atoms with E-state index >= 15 is 0 Å². The van der Waals surface area contributed by atoms with Crippen LogP contribution in [0.1, 0.15) is 5.69 Å². The Morgan fingerprint density at radius 1 is 1.64 bits per heavy atom. The molecule has 1 aliphatic heterocycles. The molecular formula is C8H12N2O2S2. The standard InChI is InChI=1S/C8H12N2O2S2/c1-4-7(14-8(9)10-4)13-6-3-12-2-5(6)11/h5-6,11H,2-3H2,1H3,(H2,9,10). The molecule has 1 saturated heterocycles. The molecule has 0 aromatic carbocycles. The van der Waals surface area contributed by atoms with Crippen LogP contribution in [0, 0.1) is 6.92 Å². The lowest BCUT2D eigenvalue weighted by Gasteiger charge is -2.09. The first-order chi connectivity index (χ1) is 6.66. The molecule has 3 N–H and O–H groups in total. The number of hydrogen-bond acceptors (Lipinski definition) is 6. The minimum atomic E-state index is -0.372. The maximum absolute atomic E-state index is 9.56. The van der Waals surface area contributed by atoms with Crippen LogP contribution in [0.3, 0.4) is 0 Å². The molecule has 2 unspecified atom stereocenters. The Morgan fingerprint density at radius 3 is 2.93 bits per heavy atom. The maximum atomic E-state index is 9.56. The van der Waals surface area contributed by atoms with E-state index in [0.29, 0.717) is 18.3 Å². The predicted octanol–water partition coefficient (Wildman–Crippen LogP) is 0.886. The SMILES string of the molecule is Cc1nc(N)sc1SC1COCC1O. The van der Waals surface area contributed by atoms with E-state index in [2.05, 4.69) is 4.98 Å². The Labute approximate surface area is 90.5 Å². The predicted molar refractivity (Wildman–Crippen MR) is 57.7 cm³/mol. The summed E-state index contributed by atoms with van der Waals surface area (Å²) in [5.41, 5.74) is 6.53. The van der Waals surface area contributed by atoms with Crippen molar-refractivity contribution >= 4 is 28.2 Å². The zero-order valence-electron chi connectivity index (χ0n) is 7.77. The molecule has 1 aromatic heterocycles. The van der Waals surface area contributed by atoms with Crippen LogP contribution in [0.4, 0.5) is 5.13 Å². The van der Waals surface area contributed by atoms with Gasteiger partial charge in [0.15, 0.2) is 5.13 Å². The van der Waals surface area contributed by atoms with Crippen molar-refractivity contribution in [3.05, 3.63) is 5.69 Å². The number of aryl methyl sites for hydroxylation is 1. The number of aromatic nitrogens is 1. The first kappa shape index (κ1) is 10.2. The molecule has 78 valence electrons. The van der Waals surface area contributed by atoms with Crippen LogP contribution in [0.15, 0.2) is 4.21 Å². The van der Waals surface area contributed by atoms with Gasteiger partial charge in [0.1, 0.15) is 0 Å². The third kappa shape index (κ3) is 2.03. The second kappa shape index (κ2) is 4.06. The lowest BCUT2D eigenvalue weighted by atomic mass is 10.3. The minimum absolute atomic E-state index is 0.119. The van der Waals surface area contributed by atoms with Gasteiger partial charge in [-0.05, 0) is 6.92 Å². The van der Waals surface area contributed by atoms with Gasteiger partial charge in [0.05, 0.1) is 34.5 Å². The monoisotopic (exact) mass is 232 g/mol. The summed E-state index contributed by atoms with van der Waals surface area (Å²) >= 11 is 3.07. The summed E-state index contributed by atoms with van der Waals surface area (Å²) in [5, 5.41) is 10.3. The van der Waals surface area contributed by atoms with E-state index in [9.17, 15) is 5.11 Å². The van der Waals surface area contributed by atoms with Gasteiger partial charge in [-0.2, -0.15) is 0 Å². The summed E-state index contributed by atoms with van der Waals surface area (Å²) in [6.45, 7) is 2.96. The van der Waals surface area contributed by atoms with E-state index in [4.69, 9.17) is 10.5 Å². The van der Waals surface area contributed by atoms with Gasteiger partial charge in [0, 0.05) is 0 Å². The fraction of sp³-hybridized carbons (Fsp3) is 0.625. The first-order valence-corrected chi connectivity index (χ1v) is 6.02. The van der Waals surface area contributed by atoms with Crippen LogP contribution in [-0.2, 0) is 4.74 Å². The normalized spacial score (nSPS) is 27.0. The van der Waals surface area contributed by atoms with Crippen LogP contribution >= 0.6 is 23.1 Å². The molecule has 2 rings (SSSR count). The molecule has 6 heteroatoms. The third-order valence-corrected chi connectivity index (χ3v) is 4.61. The zero-order valence-corrected chi connectivity index (χ0v) is 9.40. The van der Waals surface area contributed by atoms with Gasteiger partial charge in [-0.1, -0.05) is 11.3 Å². The summed E-state index contributed by atoms with van der Waals surface area (Å²) < 4.78 is 6.25. The van der Waals surface area contributed by atoms with Crippen LogP contribution in [-0.4, -0.2) is 34.7 Å². The second-order valence-corrected chi connectivity index (χ2v) is 5.72. The molecule has 0 spiro atoms. The molecule has 0 saturated carbocycles. The lowest BCUT2D eigenvalue weighted by molar-refractivity contribution is 0.127. The molecular weight excluding hydrogens is 220 g/mol. The second-order valence-electron chi connectivity index (χ2n) is 3.19. The smallest absolute Gasteiger partial charge is 0.181 e. The van der Waals surface area contributed by atoms with E-state index < -0.39 is 0 Å². The Kier molecular flexibility index (Phi) is 2.96.